The molecule has 1 heterocycles. The Bertz CT molecular complexity index is 346. The van der Waals surface area contributed by atoms with Gasteiger partial charge >= 0.3 is 0 Å². The normalized spacial score (nSPS) is 16.4. The van der Waals surface area contributed by atoms with Crippen molar-refractivity contribution in [1.82, 2.24) is 0 Å². The van der Waals surface area contributed by atoms with E-state index in [0.29, 0.717) is 5.92 Å². The van der Waals surface area contributed by atoms with E-state index in [4.69, 9.17) is 4.74 Å². The molecule has 82 valence electrons. The van der Waals surface area contributed by atoms with Gasteiger partial charge in [-0.15, -0.1) is 0 Å². The molecule has 1 aromatic carbocycles. The third kappa shape index (κ3) is 2.15. The maximum absolute atomic E-state index is 5.58. The summed E-state index contributed by atoms with van der Waals surface area (Å²) in [6.07, 6.45) is 0. The van der Waals surface area contributed by atoms with Crippen LogP contribution in [0.2, 0.25) is 0 Å². The Morgan fingerprint density at radius 3 is 2.87 bits per heavy atom. The van der Waals surface area contributed by atoms with Crippen LogP contribution in [-0.2, 0) is 11.3 Å². The number of fused-ring (bicyclic) bond motifs is 1. The van der Waals surface area contributed by atoms with Crippen molar-refractivity contribution < 1.29 is 4.74 Å². The SMILES string of the molecule is CC(C)c1ccc2c(c1)COCCN2C. The van der Waals surface area contributed by atoms with Crippen LogP contribution in [-0.4, -0.2) is 20.2 Å². The lowest BCUT2D eigenvalue weighted by molar-refractivity contribution is 0.133. The molecular formula is C13H19NO. The van der Waals surface area contributed by atoms with Gasteiger partial charge in [0, 0.05) is 24.8 Å². The zero-order valence-electron chi connectivity index (χ0n) is 9.79. The summed E-state index contributed by atoms with van der Waals surface area (Å²) >= 11 is 0. The molecule has 0 aliphatic carbocycles. The number of anilines is 1. The monoisotopic (exact) mass is 205 g/mol. The van der Waals surface area contributed by atoms with Crippen LogP contribution >= 0.6 is 0 Å². The number of ether oxygens (including phenoxy) is 1. The highest BCUT2D eigenvalue weighted by molar-refractivity contribution is 5.55. The van der Waals surface area contributed by atoms with Gasteiger partial charge in [0.05, 0.1) is 13.2 Å². The Kier molecular flexibility index (Phi) is 2.96. The van der Waals surface area contributed by atoms with Gasteiger partial charge in [-0.3, -0.25) is 0 Å². The second kappa shape index (κ2) is 4.23. The van der Waals surface area contributed by atoms with Crippen LogP contribution in [0.1, 0.15) is 30.9 Å². The van der Waals surface area contributed by atoms with E-state index in [-0.39, 0.29) is 0 Å². The molecule has 0 atom stereocenters. The average molecular weight is 205 g/mol. The van der Waals surface area contributed by atoms with Crippen LogP contribution in [0.3, 0.4) is 0 Å². The Labute approximate surface area is 91.9 Å². The number of nitrogens with zero attached hydrogens (tertiary/aromatic N) is 1. The lowest BCUT2D eigenvalue weighted by atomic mass is 10.00. The number of likely N-dealkylation sites (N-methyl/N-ethyl adjacent to an activating group) is 1. The highest BCUT2D eigenvalue weighted by Crippen LogP contribution is 2.26. The summed E-state index contributed by atoms with van der Waals surface area (Å²) in [7, 11) is 2.13. The molecule has 0 unspecified atom stereocenters. The summed E-state index contributed by atoms with van der Waals surface area (Å²) in [5.74, 6) is 0.587. The first kappa shape index (κ1) is 10.5. The molecule has 0 fully saturated rings. The molecule has 0 spiro atoms. The fraction of sp³-hybridized carbons (Fsp3) is 0.538. The quantitative estimate of drug-likeness (QED) is 0.699. The molecule has 0 amide bonds. The first-order valence-electron chi connectivity index (χ1n) is 5.60. The summed E-state index contributed by atoms with van der Waals surface area (Å²) in [6.45, 7) is 7.00. The predicted molar refractivity (Wildman–Crippen MR) is 63.5 cm³/mol. The topological polar surface area (TPSA) is 12.5 Å². The molecule has 15 heavy (non-hydrogen) atoms. The van der Waals surface area contributed by atoms with Crippen LogP contribution in [0.4, 0.5) is 5.69 Å². The maximum Gasteiger partial charge on any atom is 0.0738 e. The number of rotatable bonds is 1. The largest absolute Gasteiger partial charge is 0.375 e. The highest BCUT2D eigenvalue weighted by Gasteiger charge is 2.13. The fourth-order valence-corrected chi connectivity index (χ4v) is 1.96. The number of hydrogen-bond acceptors (Lipinski definition) is 2. The zero-order valence-corrected chi connectivity index (χ0v) is 9.79. The van der Waals surface area contributed by atoms with E-state index in [9.17, 15) is 0 Å². The van der Waals surface area contributed by atoms with E-state index in [0.717, 1.165) is 19.8 Å². The van der Waals surface area contributed by atoms with E-state index >= 15 is 0 Å². The van der Waals surface area contributed by atoms with Crippen molar-refractivity contribution in [3.8, 4) is 0 Å². The molecule has 1 aliphatic rings. The molecule has 1 aromatic rings. The van der Waals surface area contributed by atoms with Gasteiger partial charge in [-0.1, -0.05) is 26.0 Å². The third-order valence-corrected chi connectivity index (χ3v) is 3.01. The summed E-state index contributed by atoms with van der Waals surface area (Å²) in [5.41, 5.74) is 4.03. The van der Waals surface area contributed by atoms with Crippen LogP contribution < -0.4 is 4.90 Å². The van der Waals surface area contributed by atoms with Crippen LogP contribution in [0.15, 0.2) is 18.2 Å². The summed E-state index contributed by atoms with van der Waals surface area (Å²) in [4.78, 5) is 2.27. The van der Waals surface area contributed by atoms with Crippen molar-refractivity contribution in [1.29, 1.82) is 0 Å². The van der Waals surface area contributed by atoms with Crippen molar-refractivity contribution in [3.05, 3.63) is 29.3 Å². The van der Waals surface area contributed by atoms with Crippen molar-refractivity contribution >= 4 is 5.69 Å². The van der Waals surface area contributed by atoms with Gasteiger partial charge in [-0.2, -0.15) is 0 Å². The first-order valence-corrected chi connectivity index (χ1v) is 5.60. The van der Waals surface area contributed by atoms with Crippen LogP contribution in [0.5, 0.6) is 0 Å². The van der Waals surface area contributed by atoms with Gasteiger partial charge < -0.3 is 9.64 Å². The van der Waals surface area contributed by atoms with E-state index in [1.165, 1.54) is 16.8 Å². The molecule has 2 heteroatoms. The van der Waals surface area contributed by atoms with Gasteiger partial charge in [0.25, 0.3) is 0 Å². The summed E-state index contributed by atoms with van der Waals surface area (Å²) in [5, 5.41) is 0. The summed E-state index contributed by atoms with van der Waals surface area (Å²) in [6, 6.07) is 6.73. The minimum atomic E-state index is 0.587. The Hall–Kier alpha value is -1.02. The van der Waals surface area contributed by atoms with Crippen LogP contribution in [0, 0.1) is 0 Å². The molecule has 1 aliphatic heterocycles. The number of benzene rings is 1. The number of hydrogen-bond donors (Lipinski definition) is 0. The van der Waals surface area contributed by atoms with Gasteiger partial charge in [0.1, 0.15) is 0 Å². The predicted octanol–water partition coefficient (Wildman–Crippen LogP) is 2.78. The molecule has 2 nitrogen and oxygen atoms in total. The van der Waals surface area contributed by atoms with Crippen molar-refractivity contribution in [2.75, 3.05) is 25.1 Å². The minimum absolute atomic E-state index is 0.587. The summed E-state index contributed by atoms with van der Waals surface area (Å²) < 4.78 is 5.58. The van der Waals surface area contributed by atoms with E-state index < -0.39 is 0 Å². The highest BCUT2D eigenvalue weighted by atomic mass is 16.5. The average Bonchev–Trinajstić information content (AvgIpc) is 2.40. The molecule has 0 aromatic heterocycles. The Morgan fingerprint density at radius 1 is 1.33 bits per heavy atom. The van der Waals surface area contributed by atoms with E-state index in [1.807, 2.05) is 0 Å². The van der Waals surface area contributed by atoms with Gasteiger partial charge in [0.15, 0.2) is 0 Å². The van der Waals surface area contributed by atoms with E-state index in [1.54, 1.807) is 0 Å². The van der Waals surface area contributed by atoms with Crippen LogP contribution in [0.25, 0.3) is 0 Å². The lowest BCUT2D eigenvalue weighted by Crippen LogP contribution is -2.20. The standard InChI is InChI=1S/C13H19NO/c1-10(2)11-4-5-13-12(8-11)9-15-7-6-14(13)3/h4-5,8,10H,6-7,9H2,1-3H3. The maximum atomic E-state index is 5.58. The Balaban J connectivity index is 2.38. The smallest absolute Gasteiger partial charge is 0.0738 e. The van der Waals surface area contributed by atoms with Gasteiger partial charge in [-0.25, -0.2) is 0 Å². The van der Waals surface area contributed by atoms with Gasteiger partial charge in [-0.05, 0) is 17.5 Å². The first-order chi connectivity index (χ1) is 7.18. The molecular weight excluding hydrogens is 186 g/mol. The fourth-order valence-electron chi connectivity index (χ4n) is 1.96. The molecule has 2 rings (SSSR count). The van der Waals surface area contributed by atoms with Crippen molar-refractivity contribution in [3.63, 3.8) is 0 Å². The van der Waals surface area contributed by atoms with Gasteiger partial charge in [0.2, 0.25) is 0 Å². The minimum Gasteiger partial charge on any atom is -0.375 e. The zero-order chi connectivity index (χ0) is 10.8. The van der Waals surface area contributed by atoms with E-state index in [2.05, 4.69) is 44.0 Å². The second-order valence-electron chi connectivity index (χ2n) is 4.52. The molecule has 0 saturated carbocycles. The van der Waals surface area contributed by atoms with Crippen molar-refractivity contribution in [2.24, 2.45) is 0 Å². The molecule has 0 bridgehead atoms. The second-order valence-corrected chi connectivity index (χ2v) is 4.52. The Morgan fingerprint density at radius 2 is 2.13 bits per heavy atom. The lowest BCUT2D eigenvalue weighted by Gasteiger charge is -2.19. The third-order valence-electron chi connectivity index (χ3n) is 3.01. The van der Waals surface area contributed by atoms with Crippen molar-refractivity contribution in [2.45, 2.75) is 26.4 Å². The molecule has 0 radical (unpaired) electrons. The molecule has 0 saturated heterocycles. The molecule has 0 N–H and O–H groups in total.